The van der Waals surface area contributed by atoms with E-state index in [1.54, 1.807) is 0 Å². The smallest absolute Gasteiger partial charge is 0.238 e. The van der Waals surface area contributed by atoms with Crippen LogP contribution in [0.15, 0.2) is 24.3 Å². The van der Waals surface area contributed by atoms with Gasteiger partial charge in [0.05, 0.1) is 6.42 Å². The number of rotatable bonds is 9. The second-order valence-electron chi connectivity index (χ2n) is 5.59. The lowest BCUT2D eigenvalue weighted by Gasteiger charge is -2.21. The molecule has 118 valence electrons. The van der Waals surface area contributed by atoms with Crippen LogP contribution in [-0.4, -0.2) is 49.4 Å². The van der Waals surface area contributed by atoms with Crippen LogP contribution in [0.1, 0.15) is 24.5 Å². The van der Waals surface area contributed by atoms with E-state index >= 15 is 0 Å². The quantitative estimate of drug-likeness (QED) is 0.405. The topological polar surface area (TPSA) is 61.6 Å². The van der Waals surface area contributed by atoms with E-state index in [1.807, 2.05) is 12.1 Å². The number of nitrogens with two attached hydrogens (primary N) is 1. The molecule has 0 saturated carbocycles. The van der Waals surface area contributed by atoms with Gasteiger partial charge in [-0.15, -0.1) is 0 Å². The number of carbonyl (C=O) groups excluding carboxylic acids is 1. The molecule has 0 atom stereocenters. The predicted octanol–water partition coefficient (Wildman–Crippen LogP) is 0.993. The highest BCUT2D eigenvalue weighted by atomic mass is 16.2. The lowest BCUT2D eigenvalue weighted by Crippen LogP contribution is -2.31. The fraction of sp³-hybridized carbons (Fsp3) is 0.562. The Labute approximate surface area is 128 Å². The van der Waals surface area contributed by atoms with Crippen molar-refractivity contribution in [3.05, 3.63) is 35.4 Å². The van der Waals surface area contributed by atoms with Crippen LogP contribution in [0.25, 0.3) is 0 Å². The van der Waals surface area contributed by atoms with Gasteiger partial charge in [0.15, 0.2) is 0 Å². The largest absolute Gasteiger partial charge is 0.309 e. The molecule has 0 heterocycles. The zero-order valence-corrected chi connectivity index (χ0v) is 13.4. The first kappa shape index (κ1) is 17.6. The van der Waals surface area contributed by atoms with Gasteiger partial charge in [0.1, 0.15) is 0 Å². The van der Waals surface area contributed by atoms with Gasteiger partial charge in [-0.05, 0) is 51.3 Å². The number of amides is 1. The highest BCUT2D eigenvalue weighted by molar-refractivity contribution is 5.77. The first-order chi connectivity index (χ1) is 10.0. The van der Waals surface area contributed by atoms with Crippen molar-refractivity contribution < 1.29 is 4.79 Å². The first-order valence-corrected chi connectivity index (χ1v) is 7.49. The molecule has 5 heteroatoms. The van der Waals surface area contributed by atoms with Crippen LogP contribution in [0.2, 0.25) is 0 Å². The number of hydrogen-bond acceptors (Lipinski definition) is 4. The molecule has 0 aromatic heterocycles. The molecule has 0 saturated heterocycles. The van der Waals surface area contributed by atoms with Crippen molar-refractivity contribution in [1.82, 2.24) is 15.2 Å². The second kappa shape index (κ2) is 9.50. The summed E-state index contributed by atoms with van der Waals surface area (Å²) in [4.78, 5) is 15.9. The summed E-state index contributed by atoms with van der Waals surface area (Å²) in [7, 11) is 4.21. The van der Waals surface area contributed by atoms with E-state index in [9.17, 15) is 4.79 Å². The van der Waals surface area contributed by atoms with E-state index in [4.69, 9.17) is 5.84 Å². The summed E-state index contributed by atoms with van der Waals surface area (Å²) in [6.07, 6.45) is 1.51. The molecule has 0 radical (unpaired) electrons. The average molecular weight is 292 g/mol. The Morgan fingerprint density at radius 1 is 1.14 bits per heavy atom. The van der Waals surface area contributed by atoms with Crippen molar-refractivity contribution in [2.24, 2.45) is 5.84 Å². The van der Waals surface area contributed by atoms with Crippen molar-refractivity contribution in [3.8, 4) is 0 Å². The molecule has 0 aliphatic heterocycles. The molecule has 21 heavy (non-hydrogen) atoms. The fourth-order valence-electron chi connectivity index (χ4n) is 2.22. The fourth-order valence-corrected chi connectivity index (χ4v) is 2.22. The molecular weight excluding hydrogens is 264 g/mol. The average Bonchev–Trinajstić information content (AvgIpc) is 2.47. The molecule has 1 amide bonds. The summed E-state index contributed by atoms with van der Waals surface area (Å²) in [5, 5.41) is 0. The molecule has 0 aliphatic rings. The minimum Gasteiger partial charge on any atom is -0.309 e. The van der Waals surface area contributed by atoms with Crippen LogP contribution in [0, 0.1) is 0 Å². The maximum absolute atomic E-state index is 11.2. The number of nitrogens with zero attached hydrogens (tertiary/aromatic N) is 2. The second-order valence-corrected chi connectivity index (χ2v) is 5.59. The summed E-state index contributed by atoms with van der Waals surface area (Å²) < 4.78 is 0. The van der Waals surface area contributed by atoms with Crippen LogP contribution in [0.3, 0.4) is 0 Å². The lowest BCUT2D eigenvalue weighted by atomic mass is 10.1. The Kier molecular flexibility index (Phi) is 7.97. The normalized spacial score (nSPS) is 11.1. The van der Waals surface area contributed by atoms with Gasteiger partial charge < -0.3 is 4.90 Å². The van der Waals surface area contributed by atoms with E-state index in [0.29, 0.717) is 6.42 Å². The van der Waals surface area contributed by atoms with Gasteiger partial charge in [-0.3, -0.25) is 15.1 Å². The van der Waals surface area contributed by atoms with Crippen LogP contribution in [0.5, 0.6) is 0 Å². The van der Waals surface area contributed by atoms with Gasteiger partial charge in [0.25, 0.3) is 0 Å². The summed E-state index contributed by atoms with van der Waals surface area (Å²) in [5.74, 6) is 4.93. The van der Waals surface area contributed by atoms with E-state index < -0.39 is 0 Å². The zero-order chi connectivity index (χ0) is 15.7. The molecule has 0 unspecified atom stereocenters. The highest BCUT2D eigenvalue weighted by Crippen LogP contribution is 2.09. The van der Waals surface area contributed by atoms with Crippen molar-refractivity contribution in [1.29, 1.82) is 0 Å². The third-order valence-electron chi connectivity index (χ3n) is 3.48. The summed E-state index contributed by atoms with van der Waals surface area (Å²) in [6, 6.07) is 8.18. The number of nitrogens with one attached hydrogen (secondary N) is 1. The van der Waals surface area contributed by atoms with Crippen LogP contribution in [0.4, 0.5) is 0 Å². The predicted molar refractivity (Wildman–Crippen MR) is 86.6 cm³/mol. The van der Waals surface area contributed by atoms with Gasteiger partial charge in [0, 0.05) is 6.54 Å². The Morgan fingerprint density at radius 2 is 1.76 bits per heavy atom. The SMILES string of the molecule is CCN(CCCN(C)C)Cc1ccc(CC(=O)NN)cc1. The number of carbonyl (C=O) groups is 1. The molecule has 3 N–H and O–H groups in total. The maximum atomic E-state index is 11.2. The molecule has 1 aromatic rings. The van der Waals surface area contributed by atoms with Crippen LogP contribution < -0.4 is 11.3 Å². The number of hydrogen-bond donors (Lipinski definition) is 2. The van der Waals surface area contributed by atoms with Gasteiger partial charge in [-0.2, -0.15) is 0 Å². The molecule has 0 spiro atoms. The summed E-state index contributed by atoms with van der Waals surface area (Å²) in [5.41, 5.74) is 4.41. The van der Waals surface area contributed by atoms with E-state index in [2.05, 4.69) is 48.4 Å². The molecular formula is C16H28N4O. The van der Waals surface area contributed by atoms with Crippen molar-refractivity contribution >= 4 is 5.91 Å². The van der Waals surface area contributed by atoms with E-state index in [0.717, 1.165) is 31.7 Å². The van der Waals surface area contributed by atoms with Crippen molar-refractivity contribution in [2.75, 3.05) is 33.7 Å². The van der Waals surface area contributed by atoms with Gasteiger partial charge in [-0.25, -0.2) is 5.84 Å². The van der Waals surface area contributed by atoms with Gasteiger partial charge in [0.2, 0.25) is 5.91 Å². The van der Waals surface area contributed by atoms with E-state index in [-0.39, 0.29) is 5.91 Å². The van der Waals surface area contributed by atoms with Crippen LogP contribution >= 0.6 is 0 Å². The third-order valence-corrected chi connectivity index (χ3v) is 3.48. The number of hydrazine groups is 1. The summed E-state index contributed by atoms with van der Waals surface area (Å²) in [6.45, 7) is 6.41. The lowest BCUT2D eigenvalue weighted by molar-refractivity contribution is -0.120. The molecule has 5 nitrogen and oxygen atoms in total. The van der Waals surface area contributed by atoms with E-state index in [1.165, 1.54) is 12.0 Å². The van der Waals surface area contributed by atoms with Gasteiger partial charge in [-0.1, -0.05) is 31.2 Å². The van der Waals surface area contributed by atoms with Crippen molar-refractivity contribution in [2.45, 2.75) is 26.3 Å². The molecule has 0 fully saturated rings. The van der Waals surface area contributed by atoms with Crippen LogP contribution in [-0.2, 0) is 17.8 Å². The third kappa shape index (κ3) is 7.22. The monoisotopic (exact) mass is 292 g/mol. The molecule has 0 aliphatic carbocycles. The Morgan fingerprint density at radius 3 is 2.29 bits per heavy atom. The first-order valence-electron chi connectivity index (χ1n) is 7.49. The minimum absolute atomic E-state index is 0.165. The Balaban J connectivity index is 2.47. The molecule has 0 bridgehead atoms. The maximum Gasteiger partial charge on any atom is 0.238 e. The molecule has 1 rings (SSSR count). The van der Waals surface area contributed by atoms with Crippen molar-refractivity contribution in [3.63, 3.8) is 0 Å². The minimum atomic E-state index is -0.165. The highest BCUT2D eigenvalue weighted by Gasteiger charge is 2.05. The molecule has 1 aromatic carbocycles. The Hall–Kier alpha value is -1.43. The number of benzene rings is 1. The zero-order valence-electron chi connectivity index (χ0n) is 13.4. The van der Waals surface area contributed by atoms with Gasteiger partial charge >= 0.3 is 0 Å². The Bertz CT molecular complexity index is 417. The summed E-state index contributed by atoms with van der Waals surface area (Å²) >= 11 is 0. The standard InChI is InChI=1S/C16H28N4O/c1-4-20(11-5-10-19(2)3)13-15-8-6-14(7-9-15)12-16(21)18-17/h6-9H,4-5,10-13,17H2,1-3H3,(H,18,21).